The van der Waals surface area contributed by atoms with Crippen molar-refractivity contribution in [2.24, 2.45) is 0 Å². The van der Waals surface area contributed by atoms with Gasteiger partial charge in [-0.3, -0.25) is 9.47 Å². The third-order valence-corrected chi connectivity index (χ3v) is 9.33. The molecule has 7 heteroatoms. The molecule has 4 aromatic heterocycles. The zero-order valence-corrected chi connectivity index (χ0v) is 28.8. The van der Waals surface area contributed by atoms with Gasteiger partial charge in [0.15, 0.2) is 5.82 Å². The van der Waals surface area contributed by atoms with Crippen molar-refractivity contribution >= 4 is 44.8 Å². The number of nitrogens with zero attached hydrogens (tertiary/aromatic N) is 6. The first-order chi connectivity index (χ1) is 23.5. The van der Waals surface area contributed by atoms with Crippen LogP contribution in [0.3, 0.4) is 0 Å². The van der Waals surface area contributed by atoms with Crippen molar-refractivity contribution in [3.05, 3.63) is 133 Å². The van der Waals surface area contributed by atoms with Gasteiger partial charge < -0.3 is 9.64 Å². The lowest BCUT2D eigenvalue weighted by Crippen LogP contribution is -2.25. The maximum absolute atomic E-state index is 6.60. The van der Waals surface area contributed by atoms with E-state index >= 15 is 0 Å². The van der Waals surface area contributed by atoms with Crippen molar-refractivity contribution in [2.75, 3.05) is 16.5 Å². The number of para-hydroxylation sites is 1. The van der Waals surface area contributed by atoms with Crippen LogP contribution >= 0.6 is 0 Å². The molecule has 1 aliphatic rings. The molecule has 5 heterocycles. The first-order valence-corrected chi connectivity index (χ1v) is 16.8. The van der Waals surface area contributed by atoms with Gasteiger partial charge in [-0.2, -0.15) is 0 Å². The lowest BCUT2D eigenvalue weighted by atomic mass is 9.88. The van der Waals surface area contributed by atoms with E-state index in [0.717, 1.165) is 56.7 Å². The number of fused-ring (bicyclic) bond motifs is 4. The predicted octanol–water partition coefficient (Wildman–Crippen LogP) is 10.6. The van der Waals surface area contributed by atoms with Gasteiger partial charge in [0.1, 0.15) is 29.8 Å². The van der Waals surface area contributed by atoms with Gasteiger partial charge in [-0.25, -0.2) is 15.0 Å². The second kappa shape index (κ2) is 11.5. The molecule has 1 aliphatic heterocycles. The monoisotopic (exact) mass is 644 g/mol. The van der Waals surface area contributed by atoms with Gasteiger partial charge in [0, 0.05) is 47.2 Å². The van der Waals surface area contributed by atoms with Crippen LogP contribution in [-0.2, 0) is 10.8 Å². The number of pyridine rings is 3. The van der Waals surface area contributed by atoms with Gasteiger partial charge in [-0.15, -0.1) is 0 Å². The summed E-state index contributed by atoms with van der Waals surface area (Å²) in [4.78, 5) is 18.8. The van der Waals surface area contributed by atoms with Crippen molar-refractivity contribution in [3.63, 3.8) is 0 Å². The summed E-state index contributed by atoms with van der Waals surface area (Å²) in [5, 5.41) is 2.34. The second-order valence-electron chi connectivity index (χ2n) is 14.8. The number of anilines is 4. The van der Waals surface area contributed by atoms with Crippen LogP contribution in [0.25, 0.3) is 27.6 Å². The van der Waals surface area contributed by atoms with Gasteiger partial charge in [0.25, 0.3) is 0 Å². The second-order valence-corrected chi connectivity index (χ2v) is 14.8. The molecule has 0 N–H and O–H groups in total. The smallest absolute Gasteiger partial charge is 0.159 e. The Balaban J connectivity index is 1.15. The summed E-state index contributed by atoms with van der Waals surface area (Å²) in [5.74, 6) is 4.17. The average Bonchev–Trinajstić information content (AvgIpc) is 3.64. The molecule has 0 radical (unpaired) electrons. The summed E-state index contributed by atoms with van der Waals surface area (Å²) in [6.07, 6.45) is 5.64. The SMILES string of the molecule is CC(C)(C)c1ccnc(N2CN(c3cccc(Oc4ccc5c6ccccc6n(-c6cc(C(C)(C)C)ccn6)c5c4)c3)c3cccnc32)c1. The summed E-state index contributed by atoms with van der Waals surface area (Å²) < 4.78 is 8.85. The Bertz CT molecular complexity index is 2350. The van der Waals surface area contributed by atoms with Crippen LogP contribution in [0, 0.1) is 0 Å². The molecule has 0 fully saturated rings. The third-order valence-electron chi connectivity index (χ3n) is 9.33. The highest BCUT2D eigenvalue weighted by atomic mass is 16.5. The van der Waals surface area contributed by atoms with Crippen molar-refractivity contribution in [3.8, 4) is 17.3 Å². The highest BCUT2D eigenvalue weighted by Gasteiger charge is 2.31. The fraction of sp³-hybridized carbons (Fsp3) is 0.214. The van der Waals surface area contributed by atoms with E-state index < -0.39 is 0 Å². The fourth-order valence-corrected chi connectivity index (χ4v) is 6.64. The molecule has 0 unspecified atom stereocenters. The Morgan fingerprint density at radius 3 is 2.02 bits per heavy atom. The van der Waals surface area contributed by atoms with Crippen LogP contribution in [0.2, 0.25) is 0 Å². The lowest BCUT2D eigenvalue weighted by molar-refractivity contribution is 0.483. The largest absolute Gasteiger partial charge is 0.457 e. The maximum Gasteiger partial charge on any atom is 0.159 e. The van der Waals surface area contributed by atoms with E-state index in [-0.39, 0.29) is 10.8 Å². The number of ether oxygens (including phenoxy) is 1. The zero-order chi connectivity index (χ0) is 33.9. The normalized spacial score (nSPS) is 13.3. The van der Waals surface area contributed by atoms with Gasteiger partial charge in [0.2, 0.25) is 0 Å². The highest BCUT2D eigenvalue weighted by molar-refractivity contribution is 6.09. The molecule has 0 aliphatic carbocycles. The number of hydrogen-bond acceptors (Lipinski definition) is 6. The standard InChI is InChI=1S/C42H40N6O/c1-41(2,3)28-18-21-43-38(23-28)47-27-46(36-15-10-20-45-40(36)47)30-11-9-12-31(25-30)49-32-16-17-34-33-13-7-8-14-35(33)48(37(34)26-32)39-24-29(19-22-44-39)42(4,5)6/h7-26H,27H2,1-6H3. The van der Waals surface area contributed by atoms with Crippen LogP contribution < -0.4 is 14.5 Å². The summed E-state index contributed by atoms with van der Waals surface area (Å²) in [5.41, 5.74) is 6.70. The minimum atomic E-state index is 0.00562. The molecular weight excluding hydrogens is 605 g/mol. The molecule has 3 aromatic carbocycles. The topological polar surface area (TPSA) is 59.3 Å². The van der Waals surface area contributed by atoms with Crippen LogP contribution in [0.5, 0.6) is 11.5 Å². The van der Waals surface area contributed by atoms with Crippen LogP contribution in [-0.4, -0.2) is 26.2 Å². The van der Waals surface area contributed by atoms with Crippen molar-refractivity contribution in [1.29, 1.82) is 0 Å². The van der Waals surface area contributed by atoms with Crippen molar-refractivity contribution < 1.29 is 4.74 Å². The van der Waals surface area contributed by atoms with Gasteiger partial charge in [-0.1, -0.05) is 65.8 Å². The first kappa shape index (κ1) is 30.6. The Morgan fingerprint density at radius 2 is 1.24 bits per heavy atom. The van der Waals surface area contributed by atoms with Crippen LogP contribution in [0.4, 0.5) is 23.0 Å². The number of aromatic nitrogens is 4. The highest BCUT2D eigenvalue weighted by Crippen LogP contribution is 2.44. The van der Waals surface area contributed by atoms with E-state index in [2.05, 4.69) is 141 Å². The van der Waals surface area contributed by atoms with E-state index in [9.17, 15) is 0 Å². The summed E-state index contributed by atoms with van der Waals surface area (Å²) in [6.45, 7) is 13.9. The number of rotatable bonds is 5. The molecule has 49 heavy (non-hydrogen) atoms. The summed E-state index contributed by atoms with van der Waals surface area (Å²) in [7, 11) is 0. The summed E-state index contributed by atoms with van der Waals surface area (Å²) >= 11 is 0. The number of hydrogen-bond donors (Lipinski definition) is 0. The average molecular weight is 645 g/mol. The Hall–Kier alpha value is -5.69. The molecule has 0 amide bonds. The van der Waals surface area contributed by atoms with E-state index in [1.54, 1.807) is 0 Å². The fourth-order valence-electron chi connectivity index (χ4n) is 6.64. The van der Waals surface area contributed by atoms with E-state index in [1.165, 1.54) is 16.5 Å². The van der Waals surface area contributed by atoms with Crippen LogP contribution in [0.15, 0.2) is 122 Å². The molecule has 0 saturated carbocycles. The minimum Gasteiger partial charge on any atom is -0.457 e. The molecule has 244 valence electrons. The third kappa shape index (κ3) is 5.55. The Morgan fingerprint density at radius 1 is 0.551 bits per heavy atom. The molecule has 8 rings (SSSR count). The number of benzene rings is 3. The lowest BCUT2D eigenvalue weighted by Gasteiger charge is -2.24. The molecule has 7 nitrogen and oxygen atoms in total. The zero-order valence-electron chi connectivity index (χ0n) is 28.8. The van der Waals surface area contributed by atoms with Gasteiger partial charge in [-0.05, 0) is 88.7 Å². The molecule has 0 atom stereocenters. The van der Waals surface area contributed by atoms with Crippen molar-refractivity contribution in [1.82, 2.24) is 19.5 Å². The molecule has 0 bridgehead atoms. The van der Waals surface area contributed by atoms with Crippen LogP contribution in [0.1, 0.15) is 52.7 Å². The molecular formula is C42H40N6O. The van der Waals surface area contributed by atoms with E-state index in [1.807, 2.05) is 36.8 Å². The maximum atomic E-state index is 6.60. The van der Waals surface area contributed by atoms with Gasteiger partial charge >= 0.3 is 0 Å². The predicted molar refractivity (Wildman–Crippen MR) is 200 cm³/mol. The van der Waals surface area contributed by atoms with Crippen molar-refractivity contribution in [2.45, 2.75) is 52.4 Å². The molecule has 0 saturated heterocycles. The van der Waals surface area contributed by atoms with Gasteiger partial charge in [0.05, 0.1) is 16.7 Å². The Labute approximate surface area is 287 Å². The summed E-state index contributed by atoms with van der Waals surface area (Å²) in [6, 6.07) is 35.7. The minimum absolute atomic E-state index is 0.00562. The molecule has 7 aromatic rings. The molecule has 0 spiro atoms. The Kier molecular flexibility index (Phi) is 7.18. The van der Waals surface area contributed by atoms with E-state index in [4.69, 9.17) is 19.7 Å². The quantitative estimate of drug-likeness (QED) is 0.186. The first-order valence-electron chi connectivity index (χ1n) is 16.8. The van der Waals surface area contributed by atoms with E-state index in [0.29, 0.717) is 6.67 Å².